The Labute approximate surface area is 79.2 Å². The second kappa shape index (κ2) is 4.65. The number of nitrogens with zero attached hydrogens (tertiary/aromatic N) is 2. The molecule has 0 amide bonds. The maximum absolute atomic E-state index is 4.28. The first kappa shape index (κ1) is 9.78. The van der Waals surface area contributed by atoms with Gasteiger partial charge in [0.1, 0.15) is 5.65 Å². The molecule has 0 aliphatic carbocycles. The Morgan fingerprint density at radius 1 is 1.31 bits per heavy atom. The minimum atomic E-state index is 1.01. The fourth-order valence-electron chi connectivity index (χ4n) is 1.06. The fraction of sp³-hybridized carbons (Fsp3) is 0.364. The third-order valence-corrected chi connectivity index (χ3v) is 1.48. The Morgan fingerprint density at radius 3 is 2.62 bits per heavy atom. The molecule has 0 radical (unpaired) electrons. The lowest BCUT2D eigenvalue weighted by Gasteiger charge is -1.86. The van der Waals surface area contributed by atoms with Crippen molar-refractivity contribution in [3.05, 3.63) is 36.3 Å². The first-order chi connectivity index (χ1) is 6.27. The second-order valence-electron chi connectivity index (χ2n) is 3.06. The van der Waals surface area contributed by atoms with E-state index in [-0.39, 0.29) is 0 Å². The molecular weight excluding hydrogens is 160 g/mol. The summed E-state index contributed by atoms with van der Waals surface area (Å²) in [5, 5.41) is 0. The van der Waals surface area contributed by atoms with Crippen molar-refractivity contribution in [1.82, 2.24) is 9.38 Å². The van der Waals surface area contributed by atoms with Crippen LogP contribution in [0.25, 0.3) is 5.65 Å². The molecule has 0 unspecified atom stereocenters. The lowest BCUT2D eigenvalue weighted by Crippen LogP contribution is -1.77. The lowest BCUT2D eigenvalue weighted by molar-refractivity contribution is 1.09. The zero-order valence-corrected chi connectivity index (χ0v) is 8.49. The molecule has 0 aromatic carbocycles. The Morgan fingerprint density at radius 2 is 2.00 bits per heavy atom. The van der Waals surface area contributed by atoms with Crippen molar-refractivity contribution in [3.63, 3.8) is 0 Å². The summed E-state index contributed by atoms with van der Waals surface area (Å²) in [7, 11) is 0. The predicted octanol–water partition coefficient (Wildman–Crippen LogP) is 3.06. The van der Waals surface area contributed by atoms with Crippen LogP contribution in [0.4, 0.5) is 0 Å². The maximum Gasteiger partial charge on any atom is 0.136 e. The fourth-order valence-corrected chi connectivity index (χ4v) is 1.06. The van der Waals surface area contributed by atoms with E-state index in [1.54, 1.807) is 0 Å². The van der Waals surface area contributed by atoms with Crippen LogP contribution in [0.3, 0.4) is 0 Å². The van der Waals surface area contributed by atoms with Gasteiger partial charge >= 0.3 is 0 Å². The average molecular weight is 176 g/mol. The van der Waals surface area contributed by atoms with Gasteiger partial charge in [-0.25, -0.2) is 4.98 Å². The third-order valence-electron chi connectivity index (χ3n) is 1.48. The topological polar surface area (TPSA) is 17.3 Å². The zero-order chi connectivity index (χ0) is 9.68. The first-order valence-electron chi connectivity index (χ1n) is 4.68. The Balaban J connectivity index is 0.000000251. The minimum absolute atomic E-state index is 1.01. The second-order valence-corrected chi connectivity index (χ2v) is 3.06. The van der Waals surface area contributed by atoms with E-state index in [1.807, 2.05) is 41.9 Å². The number of aromatic nitrogens is 2. The van der Waals surface area contributed by atoms with Gasteiger partial charge in [0, 0.05) is 12.4 Å². The smallest absolute Gasteiger partial charge is 0.136 e. The SMILES string of the molecule is CCC.Cc1cn2ccccc2n1. The first-order valence-corrected chi connectivity index (χ1v) is 4.68. The van der Waals surface area contributed by atoms with Crippen molar-refractivity contribution in [2.75, 3.05) is 0 Å². The molecule has 2 rings (SSSR count). The molecule has 2 aromatic rings. The number of rotatable bonds is 0. The number of hydrogen-bond donors (Lipinski definition) is 0. The van der Waals surface area contributed by atoms with Crippen LogP contribution in [-0.4, -0.2) is 9.38 Å². The molecule has 2 nitrogen and oxygen atoms in total. The van der Waals surface area contributed by atoms with Gasteiger partial charge in [-0.05, 0) is 19.1 Å². The van der Waals surface area contributed by atoms with Crippen LogP contribution in [-0.2, 0) is 0 Å². The summed E-state index contributed by atoms with van der Waals surface area (Å²) in [6.45, 7) is 6.24. The minimum Gasteiger partial charge on any atom is -0.307 e. The number of fused-ring (bicyclic) bond motifs is 1. The molecule has 0 aliphatic heterocycles. The van der Waals surface area contributed by atoms with Crippen molar-refractivity contribution in [3.8, 4) is 0 Å². The van der Waals surface area contributed by atoms with Crippen LogP contribution in [0.1, 0.15) is 26.0 Å². The van der Waals surface area contributed by atoms with Gasteiger partial charge in [0.05, 0.1) is 5.69 Å². The van der Waals surface area contributed by atoms with Crippen molar-refractivity contribution in [2.45, 2.75) is 27.2 Å². The van der Waals surface area contributed by atoms with Gasteiger partial charge in [-0.15, -0.1) is 0 Å². The quantitative estimate of drug-likeness (QED) is 0.603. The Kier molecular flexibility index (Phi) is 3.50. The molecular formula is C11H16N2. The standard InChI is InChI=1S/C8H8N2.C3H8/c1-7-6-10-5-3-2-4-8(10)9-7;1-3-2/h2-6H,1H3;3H2,1-2H3. The molecule has 0 saturated carbocycles. The van der Waals surface area contributed by atoms with Gasteiger partial charge in [-0.3, -0.25) is 0 Å². The van der Waals surface area contributed by atoms with Gasteiger partial charge in [0.15, 0.2) is 0 Å². The van der Waals surface area contributed by atoms with E-state index in [2.05, 4.69) is 18.8 Å². The monoisotopic (exact) mass is 176 g/mol. The van der Waals surface area contributed by atoms with E-state index in [0.29, 0.717) is 0 Å². The van der Waals surface area contributed by atoms with Crippen molar-refractivity contribution in [2.24, 2.45) is 0 Å². The van der Waals surface area contributed by atoms with E-state index in [9.17, 15) is 0 Å². The van der Waals surface area contributed by atoms with E-state index in [4.69, 9.17) is 0 Å². The highest BCUT2D eigenvalue weighted by molar-refractivity contribution is 5.38. The van der Waals surface area contributed by atoms with Crippen LogP contribution in [0.2, 0.25) is 0 Å². The van der Waals surface area contributed by atoms with Crippen LogP contribution in [0, 0.1) is 6.92 Å². The number of imidazole rings is 1. The summed E-state index contributed by atoms with van der Waals surface area (Å²) in [4.78, 5) is 4.28. The van der Waals surface area contributed by atoms with E-state index >= 15 is 0 Å². The average Bonchev–Trinajstić information content (AvgIpc) is 2.45. The van der Waals surface area contributed by atoms with Gasteiger partial charge in [-0.1, -0.05) is 26.3 Å². The molecule has 0 N–H and O–H groups in total. The molecule has 13 heavy (non-hydrogen) atoms. The van der Waals surface area contributed by atoms with E-state index in [0.717, 1.165) is 11.3 Å². The molecule has 0 atom stereocenters. The number of pyridine rings is 1. The summed E-state index contributed by atoms with van der Waals surface area (Å²) >= 11 is 0. The molecule has 0 bridgehead atoms. The van der Waals surface area contributed by atoms with Crippen molar-refractivity contribution < 1.29 is 0 Å². The Bertz CT molecular complexity index is 330. The predicted molar refractivity (Wildman–Crippen MR) is 55.9 cm³/mol. The van der Waals surface area contributed by atoms with Gasteiger partial charge < -0.3 is 4.40 Å². The third kappa shape index (κ3) is 2.58. The summed E-state index contributed by atoms with van der Waals surface area (Å²) in [6, 6.07) is 5.98. The summed E-state index contributed by atoms with van der Waals surface area (Å²) in [5.74, 6) is 0. The molecule has 70 valence electrons. The van der Waals surface area contributed by atoms with Crippen molar-refractivity contribution >= 4 is 5.65 Å². The molecule has 2 heterocycles. The summed E-state index contributed by atoms with van der Waals surface area (Å²) in [5.41, 5.74) is 2.08. The van der Waals surface area contributed by atoms with Gasteiger partial charge in [-0.2, -0.15) is 0 Å². The molecule has 2 heteroatoms. The molecule has 0 aliphatic rings. The normalized spacial score (nSPS) is 9.46. The van der Waals surface area contributed by atoms with Gasteiger partial charge in [0.25, 0.3) is 0 Å². The number of aryl methyl sites for hydroxylation is 1. The highest BCUT2D eigenvalue weighted by Gasteiger charge is 1.92. The highest BCUT2D eigenvalue weighted by atomic mass is 15.0. The lowest BCUT2D eigenvalue weighted by atomic mass is 10.5. The summed E-state index contributed by atoms with van der Waals surface area (Å²) < 4.78 is 2.01. The zero-order valence-electron chi connectivity index (χ0n) is 8.49. The largest absolute Gasteiger partial charge is 0.307 e. The molecule has 0 spiro atoms. The van der Waals surface area contributed by atoms with Crippen LogP contribution >= 0.6 is 0 Å². The van der Waals surface area contributed by atoms with Crippen LogP contribution in [0.15, 0.2) is 30.6 Å². The molecule has 0 fully saturated rings. The highest BCUT2D eigenvalue weighted by Crippen LogP contribution is 2.01. The van der Waals surface area contributed by atoms with E-state index in [1.165, 1.54) is 6.42 Å². The molecule has 2 aromatic heterocycles. The van der Waals surface area contributed by atoms with Crippen LogP contribution < -0.4 is 0 Å². The summed E-state index contributed by atoms with van der Waals surface area (Å²) in [6.07, 6.45) is 5.25. The van der Waals surface area contributed by atoms with Crippen molar-refractivity contribution in [1.29, 1.82) is 0 Å². The maximum atomic E-state index is 4.28. The number of hydrogen-bond acceptors (Lipinski definition) is 1. The van der Waals surface area contributed by atoms with Gasteiger partial charge in [0.2, 0.25) is 0 Å². The Hall–Kier alpha value is -1.31. The molecule has 0 saturated heterocycles. The van der Waals surface area contributed by atoms with Crippen LogP contribution in [0.5, 0.6) is 0 Å². The van der Waals surface area contributed by atoms with E-state index < -0.39 is 0 Å².